The zero-order chi connectivity index (χ0) is 34.3. The van der Waals surface area contributed by atoms with Gasteiger partial charge in [-0.1, -0.05) is 24.3 Å². The van der Waals surface area contributed by atoms with Gasteiger partial charge in [0.15, 0.2) is 0 Å². The fraction of sp³-hybridized carbons (Fsp3) is 0.500. The predicted molar refractivity (Wildman–Crippen MR) is 173 cm³/mol. The molecule has 12 nitrogen and oxygen atoms in total. The summed E-state index contributed by atoms with van der Waals surface area (Å²) in [6.45, 7) is 16.4. The molecule has 3 amide bonds. The summed E-state index contributed by atoms with van der Waals surface area (Å²) in [6, 6.07) is 12.8. The SMILES string of the molecule is CC(C)(C)OC(=O)CN1CCc2cc(OCc3cccc(CN=C(NC(=O)OC(C)(C)C)NC(=O)OC(C)(C)C)c3)ccc2C1=O. The zero-order valence-electron chi connectivity index (χ0n) is 28.2. The number of alkyl carbamates (subject to hydrolysis) is 2. The summed E-state index contributed by atoms with van der Waals surface area (Å²) < 4.78 is 22.0. The van der Waals surface area contributed by atoms with Crippen LogP contribution in [0.2, 0.25) is 0 Å². The van der Waals surface area contributed by atoms with Crippen molar-refractivity contribution in [1.82, 2.24) is 15.5 Å². The second-order valence-corrected chi connectivity index (χ2v) is 13.9. The Morgan fingerprint density at radius 3 is 1.98 bits per heavy atom. The molecule has 0 spiro atoms. The lowest BCUT2D eigenvalue weighted by Crippen LogP contribution is -2.47. The number of aliphatic imine (C=N–C) groups is 1. The fourth-order valence-electron chi connectivity index (χ4n) is 4.35. The smallest absolute Gasteiger partial charge is 0.414 e. The Balaban J connectivity index is 1.64. The number of carbonyl (C=O) groups excluding carboxylic acids is 4. The molecule has 3 rings (SSSR count). The van der Waals surface area contributed by atoms with Gasteiger partial charge in [-0.15, -0.1) is 0 Å². The van der Waals surface area contributed by atoms with Crippen LogP contribution >= 0.6 is 0 Å². The van der Waals surface area contributed by atoms with Crippen LogP contribution in [-0.4, -0.2) is 64.8 Å². The lowest BCUT2D eigenvalue weighted by molar-refractivity contribution is -0.155. The van der Waals surface area contributed by atoms with Crippen LogP contribution in [0.4, 0.5) is 9.59 Å². The Bertz CT molecular complexity index is 1430. The molecule has 0 aliphatic carbocycles. The van der Waals surface area contributed by atoms with E-state index in [0.717, 1.165) is 16.7 Å². The molecule has 0 bridgehead atoms. The number of nitrogens with zero attached hydrogens (tertiary/aromatic N) is 2. The average molecular weight is 639 g/mol. The molecular formula is C34H46N4O8. The summed E-state index contributed by atoms with van der Waals surface area (Å²) in [7, 11) is 0. The Kier molecular flexibility index (Phi) is 11.4. The molecule has 0 saturated carbocycles. The van der Waals surface area contributed by atoms with Gasteiger partial charge < -0.3 is 23.8 Å². The molecule has 0 atom stereocenters. The highest BCUT2D eigenvalue weighted by Crippen LogP contribution is 2.25. The van der Waals surface area contributed by atoms with Gasteiger partial charge >= 0.3 is 18.2 Å². The monoisotopic (exact) mass is 638 g/mol. The van der Waals surface area contributed by atoms with Gasteiger partial charge in [-0.3, -0.25) is 20.2 Å². The number of guanidine groups is 1. The van der Waals surface area contributed by atoms with Crippen LogP contribution in [0, 0.1) is 0 Å². The van der Waals surface area contributed by atoms with E-state index in [-0.39, 0.29) is 31.6 Å². The lowest BCUT2D eigenvalue weighted by Gasteiger charge is -2.29. The number of hydrogen-bond donors (Lipinski definition) is 2. The molecule has 0 aromatic heterocycles. The molecule has 0 fully saturated rings. The molecule has 0 radical (unpaired) electrons. The highest BCUT2D eigenvalue weighted by Gasteiger charge is 2.28. The third-order valence-electron chi connectivity index (χ3n) is 6.04. The van der Waals surface area contributed by atoms with E-state index in [4.69, 9.17) is 18.9 Å². The van der Waals surface area contributed by atoms with Crippen molar-refractivity contribution >= 4 is 30.0 Å². The van der Waals surface area contributed by atoms with E-state index in [1.165, 1.54) is 4.90 Å². The first-order valence-electron chi connectivity index (χ1n) is 15.2. The molecule has 1 aliphatic rings. The highest BCUT2D eigenvalue weighted by atomic mass is 16.6. The van der Waals surface area contributed by atoms with E-state index >= 15 is 0 Å². The van der Waals surface area contributed by atoms with Crippen molar-refractivity contribution in [2.45, 2.75) is 98.7 Å². The lowest BCUT2D eigenvalue weighted by atomic mass is 9.98. The van der Waals surface area contributed by atoms with Crippen molar-refractivity contribution in [2.24, 2.45) is 4.99 Å². The van der Waals surface area contributed by atoms with E-state index in [1.807, 2.05) is 30.3 Å². The van der Waals surface area contributed by atoms with Crippen molar-refractivity contribution in [2.75, 3.05) is 13.1 Å². The highest BCUT2D eigenvalue weighted by molar-refractivity contribution is 6.01. The second kappa shape index (κ2) is 14.7. The molecule has 2 N–H and O–H groups in total. The summed E-state index contributed by atoms with van der Waals surface area (Å²) in [5.41, 5.74) is 0.957. The maximum absolute atomic E-state index is 13.0. The van der Waals surface area contributed by atoms with E-state index in [9.17, 15) is 19.2 Å². The van der Waals surface area contributed by atoms with Crippen LogP contribution in [0.1, 0.15) is 89.4 Å². The third-order valence-corrected chi connectivity index (χ3v) is 6.04. The molecule has 250 valence electrons. The van der Waals surface area contributed by atoms with Crippen LogP contribution in [0.5, 0.6) is 5.75 Å². The topological polar surface area (TPSA) is 145 Å². The van der Waals surface area contributed by atoms with Gasteiger partial charge in [0, 0.05) is 12.1 Å². The molecule has 2 aromatic rings. The summed E-state index contributed by atoms with van der Waals surface area (Å²) >= 11 is 0. The first kappa shape index (κ1) is 35.9. The van der Waals surface area contributed by atoms with Crippen LogP contribution in [0.15, 0.2) is 47.5 Å². The number of rotatable bonds is 7. The standard InChI is InChI=1S/C34H46N4O8/c1-32(2,3)44-27(39)20-38-16-15-24-18-25(13-14-26(24)28(38)40)43-21-23-12-10-11-22(17-23)19-35-29(36-30(41)45-33(4,5)6)37-31(42)46-34(7,8)9/h10-14,17-18H,15-16,19-21H2,1-9H3,(H2,35,36,37,41,42). The van der Waals surface area contributed by atoms with Crippen molar-refractivity contribution < 1.29 is 38.1 Å². The second-order valence-electron chi connectivity index (χ2n) is 13.9. The number of carbonyl (C=O) groups is 4. The van der Waals surface area contributed by atoms with Crippen molar-refractivity contribution in [3.05, 3.63) is 64.7 Å². The Labute approximate surface area is 270 Å². The normalized spacial score (nSPS) is 13.2. The first-order chi connectivity index (χ1) is 21.3. The van der Waals surface area contributed by atoms with Crippen molar-refractivity contribution in [3.63, 3.8) is 0 Å². The van der Waals surface area contributed by atoms with E-state index in [1.54, 1.807) is 74.4 Å². The van der Waals surface area contributed by atoms with Crippen molar-refractivity contribution in [3.8, 4) is 5.75 Å². The number of fused-ring (bicyclic) bond motifs is 1. The predicted octanol–water partition coefficient (Wildman–Crippen LogP) is 5.51. The van der Waals surface area contributed by atoms with Gasteiger partial charge in [-0.25, -0.2) is 14.6 Å². The molecule has 0 unspecified atom stereocenters. The van der Waals surface area contributed by atoms with E-state index in [0.29, 0.717) is 24.3 Å². The Morgan fingerprint density at radius 1 is 0.804 bits per heavy atom. The van der Waals surface area contributed by atoms with E-state index in [2.05, 4.69) is 15.6 Å². The van der Waals surface area contributed by atoms with Crippen LogP contribution < -0.4 is 15.4 Å². The molecule has 1 heterocycles. The molecule has 46 heavy (non-hydrogen) atoms. The largest absolute Gasteiger partial charge is 0.489 e. The van der Waals surface area contributed by atoms with E-state index < -0.39 is 35.0 Å². The van der Waals surface area contributed by atoms with Gasteiger partial charge in [0.25, 0.3) is 5.91 Å². The zero-order valence-corrected chi connectivity index (χ0v) is 28.2. The average Bonchev–Trinajstić information content (AvgIpc) is 2.89. The number of esters is 1. The Morgan fingerprint density at radius 2 is 1.39 bits per heavy atom. The van der Waals surface area contributed by atoms with Gasteiger partial charge in [-0.2, -0.15) is 0 Å². The number of ether oxygens (including phenoxy) is 4. The van der Waals surface area contributed by atoms with Crippen molar-refractivity contribution in [1.29, 1.82) is 0 Å². The maximum Gasteiger partial charge on any atom is 0.414 e. The van der Waals surface area contributed by atoms with Gasteiger partial charge in [0.1, 0.15) is 35.7 Å². The summed E-state index contributed by atoms with van der Waals surface area (Å²) in [5, 5.41) is 4.95. The number of amides is 3. The minimum Gasteiger partial charge on any atom is -0.489 e. The van der Waals surface area contributed by atoms with Crippen LogP contribution in [0.3, 0.4) is 0 Å². The molecule has 0 saturated heterocycles. The minimum atomic E-state index is -0.771. The quantitative estimate of drug-likeness (QED) is 0.175. The van der Waals surface area contributed by atoms with Gasteiger partial charge in [0.2, 0.25) is 5.96 Å². The van der Waals surface area contributed by atoms with Crippen LogP contribution in [-0.2, 0) is 38.6 Å². The minimum absolute atomic E-state index is 0.0934. The number of nitrogens with one attached hydrogen (secondary N) is 2. The third kappa shape index (κ3) is 12.4. The summed E-state index contributed by atoms with van der Waals surface area (Å²) in [6.07, 6.45) is -0.954. The maximum atomic E-state index is 13.0. The fourth-order valence-corrected chi connectivity index (χ4v) is 4.35. The number of hydrogen-bond acceptors (Lipinski definition) is 9. The van der Waals surface area contributed by atoms with Gasteiger partial charge in [-0.05, 0) is 104 Å². The molecular weight excluding hydrogens is 592 g/mol. The summed E-state index contributed by atoms with van der Waals surface area (Å²) in [4.78, 5) is 55.9. The first-order valence-corrected chi connectivity index (χ1v) is 15.2. The van der Waals surface area contributed by atoms with Gasteiger partial charge in [0.05, 0.1) is 6.54 Å². The van der Waals surface area contributed by atoms with Crippen LogP contribution in [0.25, 0.3) is 0 Å². The molecule has 2 aromatic carbocycles. The molecule has 12 heteroatoms. The Hall–Kier alpha value is -4.61. The summed E-state index contributed by atoms with van der Waals surface area (Å²) in [5.74, 6) is -0.153. The molecule has 1 aliphatic heterocycles. The number of benzene rings is 2.